The van der Waals surface area contributed by atoms with E-state index in [0.717, 1.165) is 24.6 Å². The van der Waals surface area contributed by atoms with E-state index in [1.807, 2.05) is 0 Å². The van der Waals surface area contributed by atoms with Crippen molar-refractivity contribution in [1.29, 1.82) is 0 Å². The first-order chi connectivity index (χ1) is 5.40. The van der Waals surface area contributed by atoms with E-state index in [1.54, 1.807) is 11.3 Å². The average molecular weight is 170 g/mol. The summed E-state index contributed by atoms with van der Waals surface area (Å²) in [5, 5.41) is 1.03. The lowest BCUT2D eigenvalue weighted by Crippen LogP contribution is -2.07. The van der Waals surface area contributed by atoms with Crippen LogP contribution in [-0.2, 0) is 24.3 Å². The predicted octanol–water partition coefficient (Wildman–Crippen LogP) is 0.674. The largest absolute Gasteiger partial charge is 0.375 e. The number of ether oxygens (including phenoxy) is 1. The molecular weight excluding hydrogens is 160 g/mol. The van der Waals surface area contributed by atoms with Crippen LogP contribution in [0.5, 0.6) is 0 Å². The summed E-state index contributed by atoms with van der Waals surface area (Å²) < 4.78 is 5.28. The molecule has 1 aliphatic rings. The van der Waals surface area contributed by atoms with E-state index in [1.165, 1.54) is 10.6 Å². The molecule has 4 heteroatoms. The third kappa shape index (κ3) is 1.29. The van der Waals surface area contributed by atoms with Crippen LogP contribution in [-0.4, -0.2) is 11.6 Å². The van der Waals surface area contributed by atoms with Gasteiger partial charge in [0.1, 0.15) is 5.01 Å². The van der Waals surface area contributed by atoms with Gasteiger partial charge in [0, 0.05) is 13.0 Å². The summed E-state index contributed by atoms with van der Waals surface area (Å²) in [5.41, 5.74) is 6.66. The van der Waals surface area contributed by atoms with Gasteiger partial charge in [-0.2, -0.15) is 0 Å². The monoisotopic (exact) mass is 170 g/mol. The third-order valence-electron chi connectivity index (χ3n) is 1.71. The zero-order chi connectivity index (χ0) is 7.68. The number of fused-ring (bicyclic) bond motifs is 1. The van der Waals surface area contributed by atoms with Crippen LogP contribution in [0.4, 0.5) is 0 Å². The molecule has 1 aliphatic heterocycles. The van der Waals surface area contributed by atoms with Crippen LogP contribution in [0.25, 0.3) is 0 Å². The number of rotatable bonds is 1. The Bertz CT molecular complexity index is 235. The van der Waals surface area contributed by atoms with Gasteiger partial charge in [0.25, 0.3) is 0 Å². The van der Waals surface area contributed by atoms with Gasteiger partial charge < -0.3 is 10.5 Å². The summed E-state index contributed by atoms with van der Waals surface area (Å²) in [6.07, 6.45) is 0.950. The normalized spacial score (nSPS) is 16.5. The molecule has 0 aromatic carbocycles. The Morgan fingerprint density at radius 1 is 1.64 bits per heavy atom. The zero-order valence-corrected chi connectivity index (χ0v) is 6.99. The van der Waals surface area contributed by atoms with Gasteiger partial charge in [-0.3, -0.25) is 0 Å². The first kappa shape index (κ1) is 7.21. The van der Waals surface area contributed by atoms with Gasteiger partial charge in [-0.05, 0) is 0 Å². The Kier molecular flexibility index (Phi) is 1.89. The van der Waals surface area contributed by atoms with Crippen molar-refractivity contribution in [3.05, 3.63) is 15.6 Å². The van der Waals surface area contributed by atoms with Crippen molar-refractivity contribution in [2.45, 2.75) is 19.6 Å². The molecule has 1 aromatic rings. The highest BCUT2D eigenvalue weighted by Gasteiger charge is 2.14. The molecule has 11 heavy (non-hydrogen) atoms. The smallest absolute Gasteiger partial charge is 0.107 e. The van der Waals surface area contributed by atoms with Crippen LogP contribution in [0.3, 0.4) is 0 Å². The van der Waals surface area contributed by atoms with Crippen LogP contribution >= 0.6 is 11.3 Å². The number of nitrogens with zero attached hydrogens (tertiary/aromatic N) is 1. The Labute approximate surface area is 69.2 Å². The second kappa shape index (κ2) is 2.89. The van der Waals surface area contributed by atoms with Crippen LogP contribution in [0.2, 0.25) is 0 Å². The van der Waals surface area contributed by atoms with E-state index in [4.69, 9.17) is 10.5 Å². The maximum absolute atomic E-state index is 5.47. The Hall–Kier alpha value is -0.450. The summed E-state index contributed by atoms with van der Waals surface area (Å²) in [4.78, 5) is 5.64. The molecule has 2 rings (SSSR count). The molecule has 0 bridgehead atoms. The highest BCUT2D eigenvalue weighted by Crippen LogP contribution is 2.22. The lowest BCUT2D eigenvalue weighted by molar-refractivity contribution is 0.112. The van der Waals surface area contributed by atoms with E-state index < -0.39 is 0 Å². The summed E-state index contributed by atoms with van der Waals surface area (Å²) >= 11 is 1.67. The highest BCUT2D eigenvalue weighted by molar-refractivity contribution is 7.11. The van der Waals surface area contributed by atoms with Gasteiger partial charge in [0.15, 0.2) is 0 Å². The second-order valence-electron chi connectivity index (χ2n) is 2.48. The summed E-state index contributed by atoms with van der Waals surface area (Å²) in [6.45, 7) is 2.09. The molecule has 0 spiro atoms. The van der Waals surface area contributed by atoms with E-state index in [0.29, 0.717) is 6.54 Å². The standard InChI is InChI=1S/C7H10N2OS/c8-3-7-9-5-1-2-10-4-6(5)11-7/h1-4,8H2. The van der Waals surface area contributed by atoms with Crippen molar-refractivity contribution in [3.63, 3.8) is 0 Å². The number of thiazole rings is 1. The van der Waals surface area contributed by atoms with E-state index in [2.05, 4.69) is 4.98 Å². The van der Waals surface area contributed by atoms with E-state index >= 15 is 0 Å². The van der Waals surface area contributed by atoms with Crippen molar-refractivity contribution in [2.24, 2.45) is 5.73 Å². The zero-order valence-electron chi connectivity index (χ0n) is 6.17. The minimum absolute atomic E-state index is 0.553. The third-order valence-corrected chi connectivity index (χ3v) is 2.81. The molecule has 0 atom stereocenters. The predicted molar refractivity (Wildman–Crippen MR) is 43.4 cm³/mol. The van der Waals surface area contributed by atoms with E-state index in [-0.39, 0.29) is 0 Å². The number of aromatic nitrogens is 1. The minimum atomic E-state index is 0.553. The maximum atomic E-state index is 5.47. The fraction of sp³-hybridized carbons (Fsp3) is 0.571. The lowest BCUT2D eigenvalue weighted by atomic mass is 10.2. The molecule has 0 amide bonds. The fourth-order valence-corrected chi connectivity index (χ4v) is 2.10. The fourth-order valence-electron chi connectivity index (χ4n) is 1.17. The van der Waals surface area contributed by atoms with E-state index in [9.17, 15) is 0 Å². The second-order valence-corrected chi connectivity index (χ2v) is 3.65. The molecule has 2 N–H and O–H groups in total. The molecule has 1 aromatic heterocycles. The number of hydrogen-bond donors (Lipinski definition) is 1. The van der Waals surface area contributed by atoms with Crippen LogP contribution < -0.4 is 5.73 Å². The highest BCUT2D eigenvalue weighted by atomic mass is 32.1. The Balaban J connectivity index is 2.32. The van der Waals surface area contributed by atoms with Gasteiger partial charge >= 0.3 is 0 Å². The molecule has 3 nitrogen and oxygen atoms in total. The summed E-state index contributed by atoms with van der Waals surface area (Å²) in [6, 6.07) is 0. The average Bonchev–Trinajstić information content (AvgIpc) is 2.46. The van der Waals surface area contributed by atoms with Crippen molar-refractivity contribution in [2.75, 3.05) is 6.61 Å². The first-order valence-corrected chi connectivity index (χ1v) is 4.47. The van der Waals surface area contributed by atoms with Gasteiger partial charge in [0.05, 0.1) is 23.8 Å². The SMILES string of the molecule is NCc1nc2c(s1)COCC2. The van der Waals surface area contributed by atoms with Crippen LogP contribution in [0, 0.1) is 0 Å². The van der Waals surface area contributed by atoms with Gasteiger partial charge in [-0.15, -0.1) is 11.3 Å². The molecule has 0 aliphatic carbocycles. The lowest BCUT2D eigenvalue weighted by Gasteiger charge is -2.08. The van der Waals surface area contributed by atoms with Crippen molar-refractivity contribution < 1.29 is 4.74 Å². The molecule has 0 unspecified atom stereocenters. The number of nitrogens with two attached hydrogens (primary N) is 1. The topological polar surface area (TPSA) is 48.1 Å². The first-order valence-electron chi connectivity index (χ1n) is 3.65. The quantitative estimate of drug-likeness (QED) is 0.674. The minimum Gasteiger partial charge on any atom is -0.375 e. The maximum Gasteiger partial charge on any atom is 0.107 e. The molecule has 0 fully saturated rings. The van der Waals surface area contributed by atoms with Gasteiger partial charge in [-0.25, -0.2) is 4.98 Å². The Morgan fingerprint density at radius 2 is 2.55 bits per heavy atom. The van der Waals surface area contributed by atoms with Crippen molar-refractivity contribution >= 4 is 11.3 Å². The Morgan fingerprint density at radius 3 is 3.27 bits per heavy atom. The molecule has 0 saturated heterocycles. The van der Waals surface area contributed by atoms with Crippen LogP contribution in [0.1, 0.15) is 15.6 Å². The molecule has 0 radical (unpaired) electrons. The molecule has 0 saturated carbocycles. The molecular formula is C7H10N2OS. The van der Waals surface area contributed by atoms with Crippen molar-refractivity contribution in [3.8, 4) is 0 Å². The van der Waals surface area contributed by atoms with Crippen molar-refractivity contribution in [1.82, 2.24) is 4.98 Å². The molecule has 60 valence electrons. The summed E-state index contributed by atoms with van der Waals surface area (Å²) in [5.74, 6) is 0. The number of hydrogen-bond acceptors (Lipinski definition) is 4. The summed E-state index contributed by atoms with van der Waals surface area (Å²) in [7, 11) is 0. The van der Waals surface area contributed by atoms with Crippen LogP contribution in [0.15, 0.2) is 0 Å². The van der Waals surface area contributed by atoms with Gasteiger partial charge in [0.2, 0.25) is 0 Å². The molecule has 2 heterocycles. The van der Waals surface area contributed by atoms with Gasteiger partial charge in [-0.1, -0.05) is 0 Å².